The van der Waals surface area contributed by atoms with Gasteiger partial charge in [0.15, 0.2) is 0 Å². The van der Waals surface area contributed by atoms with Crippen molar-refractivity contribution in [2.24, 2.45) is 0 Å². The maximum atomic E-state index is 10.0. The molecule has 1 unspecified atom stereocenters. The van der Waals surface area contributed by atoms with E-state index in [1.54, 1.807) is 6.08 Å². The van der Waals surface area contributed by atoms with Crippen LogP contribution in [-0.4, -0.2) is 12.2 Å². The van der Waals surface area contributed by atoms with Crippen LogP contribution in [0.5, 0.6) is 0 Å². The van der Waals surface area contributed by atoms with E-state index in [0.717, 1.165) is 0 Å². The monoisotopic (exact) mass is 117 g/mol. The van der Waals surface area contributed by atoms with E-state index in [-0.39, 0.29) is 5.65 Å². The molecule has 3 heteroatoms. The van der Waals surface area contributed by atoms with Gasteiger partial charge in [-0.3, -0.25) is 4.79 Å². The van der Waals surface area contributed by atoms with Gasteiger partial charge in [0.1, 0.15) is 0 Å². The number of amides is 1. The van der Waals surface area contributed by atoms with Gasteiger partial charge in [-0.1, -0.05) is 6.08 Å². The topological polar surface area (TPSA) is 29.1 Å². The normalized spacial score (nSPS) is 7.57. The van der Waals surface area contributed by atoms with Crippen LogP contribution in [0.25, 0.3) is 0 Å². The van der Waals surface area contributed by atoms with Crippen molar-refractivity contribution in [3.05, 3.63) is 12.7 Å². The second-order valence-electron chi connectivity index (χ2n) is 1.03. The Balaban J connectivity index is 2.97. The van der Waals surface area contributed by atoms with Crippen molar-refractivity contribution in [2.75, 3.05) is 6.54 Å². The molecule has 0 aliphatic carbocycles. The minimum atomic E-state index is -0.0973. The van der Waals surface area contributed by atoms with Crippen molar-refractivity contribution >= 4 is 14.9 Å². The van der Waals surface area contributed by atoms with Crippen LogP contribution in [0.1, 0.15) is 0 Å². The van der Waals surface area contributed by atoms with Crippen molar-refractivity contribution < 1.29 is 4.79 Å². The summed E-state index contributed by atoms with van der Waals surface area (Å²) in [6.45, 7) is 3.95. The Labute approximate surface area is 45.2 Å². The highest BCUT2D eigenvalue weighted by molar-refractivity contribution is 7.39. The Morgan fingerprint density at radius 1 is 2.00 bits per heavy atom. The second-order valence-corrected chi connectivity index (χ2v) is 1.56. The number of carbonyl (C=O) groups excluding carboxylic acids is 1. The molecule has 0 aliphatic heterocycles. The zero-order chi connectivity index (χ0) is 5.70. The van der Waals surface area contributed by atoms with E-state index in [0.29, 0.717) is 6.54 Å². The molecule has 0 saturated carbocycles. The van der Waals surface area contributed by atoms with E-state index in [2.05, 4.69) is 11.9 Å². The Morgan fingerprint density at radius 3 is 2.71 bits per heavy atom. The molecule has 0 radical (unpaired) electrons. The van der Waals surface area contributed by atoms with Gasteiger partial charge in [-0.05, 0) is 9.24 Å². The van der Waals surface area contributed by atoms with Crippen LogP contribution in [-0.2, 0) is 0 Å². The van der Waals surface area contributed by atoms with Crippen molar-refractivity contribution in [2.45, 2.75) is 0 Å². The average molecular weight is 117 g/mol. The molecule has 2 nitrogen and oxygen atoms in total. The fourth-order valence-corrected chi connectivity index (χ4v) is 0.291. The number of rotatable bonds is 2. The lowest BCUT2D eigenvalue weighted by molar-refractivity contribution is 0.261. The third-order valence-electron chi connectivity index (χ3n) is 0.421. The molecule has 0 fully saturated rings. The fourth-order valence-electron chi connectivity index (χ4n) is 0.173. The summed E-state index contributed by atoms with van der Waals surface area (Å²) in [5.74, 6) is 0. The lowest BCUT2D eigenvalue weighted by Gasteiger charge is -1.90. The third-order valence-corrected chi connectivity index (χ3v) is 0.625. The van der Waals surface area contributed by atoms with Crippen LogP contribution in [0.15, 0.2) is 12.7 Å². The zero-order valence-corrected chi connectivity index (χ0v) is 5.13. The predicted octanol–water partition coefficient (Wildman–Crippen LogP) is 0.757. The molecule has 0 saturated heterocycles. The molecular weight excluding hydrogens is 109 g/mol. The molecule has 1 atom stereocenters. The SMILES string of the molecule is C=CCNC(=O)P. The highest BCUT2D eigenvalue weighted by atomic mass is 31.0. The number of hydrogen-bond donors (Lipinski definition) is 1. The Hall–Kier alpha value is -0.360. The van der Waals surface area contributed by atoms with Gasteiger partial charge in [0, 0.05) is 6.54 Å². The van der Waals surface area contributed by atoms with Crippen molar-refractivity contribution in [1.82, 2.24) is 5.32 Å². The van der Waals surface area contributed by atoms with Gasteiger partial charge in [-0.15, -0.1) is 6.58 Å². The molecule has 0 aliphatic rings. The van der Waals surface area contributed by atoms with E-state index < -0.39 is 0 Å². The smallest absolute Gasteiger partial charge is 0.235 e. The van der Waals surface area contributed by atoms with Gasteiger partial charge >= 0.3 is 0 Å². The quantitative estimate of drug-likeness (QED) is 0.419. The minimum absolute atomic E-state index is 0.0973. The molecule has 0 aromatic rings. The highest BCUT2D eigenvalue weighted by Gasteiger charge is 1.80. The summed E-state index contributed by atoms with van der Waals surface area (Å²) < 4.78 is 0. The molecule has 1 N–H and O–H groups in total. The average Bonchev–Trinajstić information content (AvgIpc) is 1.61. The first-order valence-electron chi connectivity index (χ1n) is 1.91. The number of nitrogens with one attached hydrogen (secondary N) is 1. The predicted molar refractivity (Wildman–Crippen MR) is 33.3 cm³/mol. The van der Waals surface area contributed by atoms with Crippen LogP contribution in [0.3, 0.4) is 0 Å². The lowest BCUT2D eigenvalue weighted by atomic mass is 10.6. The van der Waals surface area contributed by atoms with Crippen LogP contribution in [0.4, 0.5) is 4.79 Å². The van der Waals surface area contributed by atoms with Gasteiger partial charge in [-0.2, -0.15) is 0 Å². The fraction of sp³-hybridized carbons (Fsp3) is 0.250. The van der Waals surface area contributed by atoms with Gasteiger partial charge in [0.2, 0.25) is 5.65 Å². The molecule has 0 spiro atoms. The van der Waals surface area contributed by atoms with E-state index >= 15 is 0 Å². The van der Waals surface area contributed by atoms with Gasteiger partial charge in [0.25, 0.3) is 0 Å². The molecule has 0 aromatic heterocycles. The molecular formula is C4H8NOP. The third kappa shape index (κ3) is 5.64. The highest BCUT2D eigenvalue weighted by Crippen LogP contribution is 1.79. The summed E-state index contributed by atoms with van der Waals surface area (Å²) >= 11 is 0. The lowest BCUT2D eigenvalue weighted by Crippen LogP contribution is -2.14. The molecule has 0 heterocycles. The summed E-state index contributed by atoms with van der Waals surface area (Å²) in [5.41, 5.74) is -0.0973. The number of carbonyl (C=O) groups is 1. The zero-order valence-electron chi connectivity index (χ0n) is 3.98. The first-order chi connectivity index (χ1) is 3.27. The summed E-state index contributed by atoms with van der Waals surface area (Å²) in [7, 11) is 2.01. The van der Waals surface area contributed by atoms with Crippen molar-refractivity contribution in [1.29, 1.82) is 0 Å². The van der Waals surface area contributed by atoms with Crippen molar-refractivity contribution in [3.8, 4) is 0 Å². The first kappa shape index (κ1) is 6.64. The second kappa shape index (κ2) is 3.82. The van der Waals surface area contributed by atoms with E-state index in [1.165, 1.54) is 0 Å². The van der Waals surface area contributed by atoms with E-state index in [9.17, 15) is 4.79 Å². The minimum Gasteiger partial charge on any atom is -0.350 e. The van der Waals surface area contributed by atoms with Gasteiger partial charge in [0.05, 0.1) is 0 Å². The Morgan fingerprint density at radius 2 is 2.57 bits per heavy atom. The molecule has 40 valence electrons. The van der Waals surface area contributed by atoms with Crippen LogP contribution in [0, 0.1) is 0 Å². The van der Waals surface area contributed by atoms with E-state index in [1.807, 2.05) is 9.24 Å². The Bertz CT molecular complexity index is 81.8. The summed E-state index contributed by atoms with van der Waals surface area (Å²) in [6.07, 6.45) is 1.63. The van der Waals surface area contributed by atoms with Crippen molar-refractivity contribution in [3.63, 3.8) is 0 Å². The summed E-state index contributed by atoms with van der Waals surface area (Å²) in [6, 6.07) is 0. The number of hydrogen-bond acceptors (Lipinski definition) is 1. The first-order valence-corrected chi connectivity index (χ1v) is 2.49. The van der Waals surface area contributed by atoms with Gasteiger partial charge in [-0.25, -0.2) is 0 Å². The largest absolute Gasteiger partial charge is 0.350 e. The molecule has 0 rings (SSSR count). The van der Waals surface area contributed by atoms with E-state index in [4.69, 9.17) is 0 Å². The summed E-state index contributed by atoms with van der Waals surface area (Å²) in [4.78, 5) is 10.0. The van der Waals surface area contributed by atoms with Crippen LogP contribution < -0.4 is 5.32 Å². The molecule has 1 amide bonds. The van der Waals surface area contributed by atoms with Crippen LogP contribution in [0.2, 0.25) is 0 Å². The maximum Gasteiger partial charge on any atom is 0.235 e. The molecule has 0 bridgehead atoms. The molecule has 0 aromatic carbocycles. The molecule has 7 heavy (non-hydrogen) atoms. The Kier molecular flexibility index (Phi) is 3.62. The van der Waals surface area contributed by atoms with Crippen LogP contribution >= 0.6 is 9.24 Å². The van der Waals surface area contributed by atoms with Gasteiger partial charge < -0.3 is 5.32 Å². The standard InChI is InChI=1S/C4H8NOP/c1-2-3-5-4(6)7/h2H,1,3,7H2,(H,5,6). The summed E-state index contributed by atoms with van der Waals surface area (Å²) in [5, 5.41) is 2.50. The maximum absolute atomic E-state index is 10.0.